The lowest BCUT2D eigenvalue weighted by Gasteiger charge is -2.04. The standard InChI is InChI=1S/C12H14N2O/c1-9(13)3-4-10(2)15-12-7-5-11(14)6-8-12/h3-8H,1-2,13-14H2/b4-3-. The summed E-state index contributed by atoms with van der Waals surface area (Å²) in [5, 5.41) is 0. The highest BCUT2D eigenvalue weighted by atomic mass is 16.5. The molecule has 1 rings (SSSR count). The third-order valence-corrected chi connectivity index (χ3v) is 1.61. The van der Waals surface area contributed by atoms with Gasteiger partial charge in [-0.2, -0.15) is 0 Å². The van der Waals surface area contributed by atoms with Crippen LogP contribution in [0.3, 0.4) is 0 Å². The number of hydrogen-bond donors (Lipinski definition) is 2. The van der Waals surface area contributed by atoms with Gasteiger partial charge in [0, 0.05) is 11.4 Å². The van der Waals surface area contributed by atoms with E-state index in [2.05, 4.69) is 13.2 Å². The van der Waals surface area contributed by atoms with E-state index in [0.717, 1.165) is 0 Å². The Morgan fingerprint density at radius 3 is 2.27 bits per heavy atom. The maximum absolute atomic E-state index is 5.54. The molecule has 78 valence electrons. The maximum Gasteiger partial charge on any atom is 0.127 e. The first kappa shape index (κ1) is 10.9. The first-order valence-electron chi connectivity index (χ1n) is 4.42. The zero-order valence-electron chi connectivity index (χ0n) is 8.44. The number of ether oxygens (including phenoxy) is 1. The molecule has 1 aromatic carbocycles. The SMILES string of the molecule is C=C(N)/C=C\C(=C)Oc1ccc(N)cc1. The Hall–Kier alpha value is -2.16. The third-order valence-electron chi connectivity index (χ3n) is 1.61. The second kappa shape index (κ2) is 4.91. The highest BCUT2D eigenvalue weighted by molar-refractivity contribution is 5.42. The summed E-state index contributed by atoms with van der Waals surface area (Å²) >= 11 is 0. The van der Waals surface area contributed by atoms with Gasteiger partial charge in [0.1, 0.15) is 11.5 Å². The summed E-state index contributed by atoms with van der Waals surface area (Å²) < 4.78 is 5.39. The summed E-state index contributed by atoms with van der Waals surface area (Å²) in [6.07, 6.45) is 3.28. The summed E-state index contributed by atoms with van der Waals surface area (Å²) in [6, 6.07) is 7.06. The lowest BCUT2D eigenvalue weighted by Crippen LogP contribution is -1.93. The lowest BCUT2D eigenvalue weighted by molar-refractivity contribution is 0.447. The number of benzene rings is 1. The molecule has 0 unspecified atom stereocenters. The van der Waals surface area contributed by atoms with Crippen LogP contribution in [0.5, 0.6) is 5.75 Å². The van der Waals surface area contributed by atoms with E-state index in [-0.39, 0.29) is 0 Å². The van der Waals surface area contributed by atoms with E-state index in [1.165, 1.54) is 0 Å². The molecule has 0 saturated heterocycles. The number of allylic oxidation sites excluding steroid dienone is 2. The summed E-state index contributed by atoms with van der Waals surface area (Å²) in [7, 11) is 0. The van der Waals surface area contributed by atoms with E-state index in [4.69, 9.17) is 16.2 Å². The van der Waals surface area contributed by atoms with Gasteiger partial charge in [-0.1, -0.05) is 13.2 Å². The van der Waals surface area contributed by atoms with E-state index in [0.29, 0.717) is 22.9 Å². The summed E-state index contributed by atoms with van der Waals surface area (Å²) in [6.45, 7) is 7.23. The molecule has 0 saturated carbocycles. The molecule has 0 aliphatic heterocycles. The van der Waals surface area contributed by atoms with Gasteiger partial charge in [0.2, 0.25) is 0 Å². The number of nitrogens with two attached hydrogens (primary N) is 2. The third kappa shape index (κ3) is 4.04. The van der Waals surface area contributed by atoms with Crippen LogP contribution in [-0.4, -0.2) is 0 Å². The Bertz CT molecular complexity index is 391. The molecule has 0 aliphatic carbocycles. The first-order chi connectivity index (χ1) is 7.08. The zero-order valence-corrected chi connectivity index (χ0v) is 8.44. The van der Waals surface area contributed by atoms with Gasteiger partial charge in [-0.25, -0.2) is 0 Å². The molecule has 0 atom stereocenters. The first-order valence-corrected chi connectivity index (χ1v) is 4.42. The van der Waals surface area contributed by atoms with E-state index in [9.17, 15) is 0 Å². The van der Waals surface area contributed by atoms with Crippen molar-refractivity contribution in [3.05, 3.63) is 61.0 Å². The van der Waals surface area contributed by atoms with Gasteiger partial charge >= 0.3 is 0 Å². The molecule has 3 heteroatoms. The Morgan fingerprint density at radius 2 is 1.73 bits per heavy atom. The number of rotatable bonds is 4. The summed E-state index contributed by atoms with van der Waals surface area (Å²) in [4.78, 5) is 0. The van der Waals surface area contributed by atoms with Crippen molar-refractivity contribution in [3.8, 4) is 5.75 Å². The molecule has 1 aromatic rings. The van der Waals surface area contributed by atoms with Gasteiger partial charge < -0.3 is 16.2 Å². The summed E-state index contributed by atoms with van der Waals surface area (Å²) in [5.74, 6) is 1.17. The van der Waals surface area contributed by atoms with E-state index >= 15 is 0 Å². The molecular weight excluding hydrogens is 188 g/mol. The fraction of sp³-hybridized carbons (Fsp3) is 0. The number of hydrogen-bond acceptors (Lipinski definition) is 3. The zero-order chi connectivity index (χ0) is 11.3. The molecule has 3 nitrogen and oxygen atoms in total. The van der Waals surface area contributed by atoms with Crippen LogP contribution in [0.25, 0.3) is 0 Å². The fourth-order valence-electron chi connectivity index (χ4n) is 0.921. The molecule has 0 aliphatic rings. The second-order valence-electron chi connectivity index (χ2n) is 3.05. The smallest absolute Gasteiger partial charge is 0.127 e. The topological polar surface area (TPSA) is 61.3 Å². The molecule has 0 bridgehead atoms. The van der Waals surface area contributed by atoms with Crippen molar-refractivity contribution in [3.63, 3.8) is 0 Å². The van der Waals surface area contributed by atoms with Crippen molar-refractivity contribution in [2.45, 2.75) is 0 Å². The minimum Gasteiger partial charge on any atom is -0.458 e. The average molecular weight is 202 g/mol. The van der Waals surface area contributed by atoms with Gasteiger partial charge in [-0.05, 0) is 36.4 Å². The molecule has 0 spiro atoms. The molecule has 0 aromatic heterocycles. The van der Waals surface area contributed by atoms with Crippen LogP contribution >= 0.6 is 0 Å². The molecule has 4 N–H and O–H groups in total. The van der Waals surface area contributed by atoms with Crippen molar-refractivity contribution < 1.29 is 4.74 Å². The quantitative estimate of drug-likeness (QED) is 0.447. The van der Waals surface area contributed by atoms with Crippen molar-refractivity contribution in [1.29, 1.82) is 0 Å². The minimum absolute atomic E-state index is 0.456. The Labute approximate surface area is 89.3 Å². The second-order valence-corrected chi connectivity index (χ2v) is 3.05. The minimum atomic E-state index is 0.456. The van der Waals surface area contributed by atoms with Crippen LogP contribution < -0.4 is 16.2 Å². The average Bonchev–Trinajstić information content (AvgIpc) is 2.19. The fourth-order valence-corrected chi connectivity index (χ4v) is 0.921. The van der Waals surface area contributed by atoms with Gasteiger partial charge in [-0.3, -0.25) is 0 Å². The lowest BCUT2D eigenvalue weighted by atomic mass is 10.3. The van der Waals surface area contributed by atoms with Crippen LogP contribution in [0.4, 0.5) is 5.69 Å². The van der Waals surface area contributed by atoms with Crippen LogP contribution in [0.15, 0.2) is 61.0 Å². The Morgan fingerprint density at radius 1 is 1.13 bits per heavy atom. The highest BCUT2D eigenvalue weighted by Gasteiger charge is 1.94. The van der Waals surface area contributed by atoms with Crippen molar-refractivity contribution >= 4 is 5.69 Å². The molecule has 0 radical (unpaired) electrons. The molecular formula is C12H14N2O. The largest absolute Gasteiger partial charge is 0.458 e. The molecule has 15 heavy (non-hydrogen) atoms. The van der Waals surface area contributed by atoms with Gasteiger partial charge in [0.25, 0.3) is 0 Å². The van der Waals surface area contributed by atoms with Gasteiger partial charge in [0.15, 0.2) is 0 Å². The summed E-state index contributed by atoms with van der Waals surface area (Å²) in [5.41, 5.74) is 12.0. The van der Waals surface area contributed by atoms with E-state index < -0.39 is 0 Å². The van der Waals surface area contributed by atoms with Crippen molar-refractivity contribution in [2.24, 2.45) is 5.73 Å². The molecule has 0 fully saturated rings. The van der Waals surface area contributed by atoms with Crippen molar-refractivity contribution in [1.82, 2.24) is 0 Å². The predicted octanol–water partition coefficient (Wildman–Crippen LogP) is 2.19. The molecule has 0 amide bonds. The van der Waals surface area contributed by atoms with E-state index in [1.807, 2.05) is 0 Å². The number of anilines is 1. The Balaban J connectivity index is 2.59. The Kier molecular flexibility index (Phi) is 3.57. The number of nitrogen functional groups attached to an aromatic ring is 1. The van der Waals surface area contributed by atoms with Crippen LogP contribution in [-0.2, 0) is 0 Å². The molecule has 0 heterocycles. The predicted molar refractivity (Wildman–Crippen MR) is 63.1 cm³/mol. The van der Waals surface area contributed by atoms with Crippen LogP contribution in [0.2, 0.25) is 0 Å². The highest BCUT2D eigenvalue weighted by Crippen LogP contribution is 2.15. The maximum atomic E-state index is 5.54. The van der Waals surface area contributed by atoms with Gasteiger partial charge in [-0.15, -0.1) is 0 Å². The van der Waals surface area contributed by atoms with E-state index in [1.54, 1.807) is 36.4 Å². The van der Waals surface area contributed by atoms with Crippen LogP contribution in [0.1, 0.15) is 0 Å². The van der Waals surface area contributed by atoms with Crippen molar-refractivity contribution in [2.75, 3.05) is 5.73 Å². The van der Waals surface area contributed by atoms with Crippen LogP contribution in [0, 0.1) is 0 Å². The normalized spacial score (nSPS) is 10.1. The monoisotopic (exact) mass is 202 g/mol. The van der Waals surface area contributed by atoms with Gasteiger partial charge in [0.05, 0.1) is 0 Å².